The van der Waals surface area contributed by atoms with Crippen LogP contribution in [0.1, 0.15) is 53.6 Å². The third kappa shape index (κ3) is 4.15. The van der Waals surface area contributed by atoms with Crippen molar-refractivity contribution in [1.29, 1.82) is 0 Å². The van der Waals surface area contributed by atoms with Crippen LogP contribution >= 0.6 is 0 Å². The minimum Gasteiger partial charge on any atom is -0.510 e. The van der Waals surface area contributed by atoms with Gasteiger partial charge in [-0.3, -0.25) is 24.2 Å². The smallest absolute Gasteiger partial charge is 0.255 e. The van der Waals surface area contributed by atoms with Gasteiger partial charge in [0.1, 0.15) is 22.8 Å². The lowest BCUT2D eigenvalue weighted by Gasteiger charge is -2.50. The van der Waals surface area contributed by atoms with Gasteiger partial charge in [0.25, 0.3) is 5.91 Å². The van der Waals surface area contributed by atoms with Crippen molar-refractivity contribution in [3.63, 3.8) is 0 Å². The Morgan fingerprint density at radius 2 is 1.68 bits per heavy atom. The predicted octanol–water partition coefficient (Wildman–Crippen LogP) is 1.74. The number of aliphatic hydroxyl groups excluding tert-OH is 2. The summed E-state index contributed by atoms with van der Waals surface area (Å²) in [6.07, 6.45) is 5.35. The van der Waals surface area contributed by atoms with Gasteiger partial charge in [0, 0.05) is 31.1 Å². The first kappa shape index (κ1) is 27.0. The van der Waals surface area contributed by atoms with Crippen molar-refractivity contribution in [1.82, 2.24) is 9.80 Å². The van der Waals surface area contributed by atoms with Crippen molar-refractivity contribution < 1.29 is 34.8 Å². The molecular weight excluding hydrogens is 514 g/mol. The van der Waals surface area contributed by atoms with Crippen LogP contribution in [0, 0.1) is 23.7 Å². The lowest BCUT2D eigenvalue weighted by molar-refractivity contribution is -0.148. The number of aromatic hydroxyl groups is 1. The molecule has 10 heteroatoms. The van der Waals surface area contributed by atoms with Gasteiger partial charge in [0.15, 0.2) is 11.4 Å². The summed E-state index contributed by atoms with van der Waals surface area (Å²) in [7, 11) is 3.25. The summed E-state index contributed by atoms with van der Waals surface area (Å²) in [5.41, 5.74) is 3.59. The number of phenols is 1. The van der Waals surface area contributed by atoms with Gasteiger partial charge in [0.2, 0.25) is 5.78 Å². The highest BCUT2D eigenvalue weighted by atomic mass is 16.3. The Kier molecular flexibility index (Phi) is 6.36. The number of aliphatic hydroxyl groups is 3. The summed E-state index contributed by atoms with van der Waals surface area (Å²) < 4.78 is 0. The zero-order valence-electron chi connectivity index (χ0n) is 22.9. The van der Waals surface area contributed by atoms with Crippen molar-refractivity contribution in [3.05, 3.63) is 51.5 Å². The number of nitrogens with zero attached hydrogens (tertiary/aromatic N) is 2. The van der Waals surface area contributed by atoms with E-state index in [9.17, 15) is 34.8 Å². The van der Waals surface area contributed by atoms with Gasteiger partial charge in [-0.1, -0.05) is 6.07 Å². The van der Waals surface area contributed by atoms with Crippen molar-refractivity contribution in [2.75, 3.05) is 27.2 Å². The number of primary amides is 1. The van der Waals surface area contributed by atoms with E-state index in [-0.39, 0.29) is 23.3 Å². The van der Waals surface area contributed by atoms with E-state index >= 15 is 0 Å². The molecule has 2 fully saturated rings. The predicted molar refractivity (Wildman–Crippen MR) is 144 cm³/mol. The van der Waals surface area contributed by atoms with Crippen molar-refractivity contribution in [3.8, 4) is 5.75 Å². The number of phenolic OH excluding ortho intramolecular Hbond substituents is 1. The fraction of sp³-hybridized carbons (Fsp3) is 0.567. The minimum atomic E-state index is -2.62. The number of nitrogens with two attached hydrogens (primary N) is 1. The van der Waals surface area contributed by atoms with E-state index in [0.717, 1.165) is 24.2 Å². The maximum Gasteiger partial charge on any atom is 0.255 e. The molecule has 40 heavy (non-hydrogen) atoms. The molecule has 2 saturated carbocycles. The van der Waals surface area contributed by atoms with Crippen LogP contribution in [0.3, 0.4) is 0 Å². The fourth-order valence-electron chi connectivity index (χ4n) is 7.24. The van der Waals surface area contributed by atoms with Crippen molar-refractivity contribution in [2.24, 2.45) is 29.4 Å². The van der Waals surface area contributed by atoms with Gasteiger partial charge in [-0.05, 0) is 87.6 Å². The lowest BCUT2D eigenvalue weighted by atomic mass is 9.58. The van der Waals surface area contributed by atoms with Crippen molar-refractivity contribution >= 4 is 17.5 Å². The van der Waals surface area contributed by atoms with Gasteiger partial charge in [-0.25, -0.2) is 0 Å². The lowest BCUT2D eigenvalue weighted by Crippen LogP contribution is -2.63. The van der Waals surface area contributed by atoms with Crippen LogP contribution in [0.15, 0.2) is 34.8 Å². The molecule has 0 saturated heterocycles. The largest absolute Gasteiger partial charge is 0.510 e. The summed E-state index contributed by atoms with van der Waals surface area (Å²) in [6.45, 7) is 2.66. The standard InChI is InChI=1S/C30H37N3O7/c1-32(2)24-19-10-17-9-18-16(13-33(11-14-3-4-14)12-15-5-6-15)7-8-20(34)22(18)25(35)21(17)27(37)30(19,40)28(38)23(26(24)36)29(31)39/h7-8,14-15,17,19,24,34,36-37,40H,3-6,9-13H2,1-2H3,(H2,31,39). The zero-order chi connectivity index (χ0) is 28.7. The summed E-state index contributed by atoms with van der Waals surface area (Å²) in [4.78, 5) is 43.5. The number of benzene rings is 1. The van der Waals surface area contributed by atoms with Crippen LogP contribution in [0.25, 0.3) is 0 Å². The highest BCUT2D eigenvalue weighted by Gasteiger charge is 2.63. The molecule has 214 valence electrons. The number of fused-ring (bicyclic) bond motifs is 3. The first-order valence-electron chi connectivity index (χ1n) is 14.1. The van der Waals surface area contributed by atoms with Crippen molar-refractivity contribution in [2.45, 2.75) is 56.7 Å². The molecule has 1 amide bonds. The van der Waals surface area contributed by atoms with Gasteiger partial charge >= 0.3 is 0 Å². The number of Topliss-reactive ketones (excluding diaryl/α,β-unsaturated/α-hetero) is 2. The normalized spacial score (nSPS) is 30.1. The Morgan fingerprint density at radius 3 is 2.23 bits per heavy atom. The number of likely N-dealkylation sites (N-methyl/N-ethyl adjacent to an activating group) is 1. The molecule has 10 nitrogen and oxygen atoms in total. The average Bonchev–Trinajstić information content (AvgIpc) is 3.80. The average molecular weight is 552 g/mol. The van der Waals surface area contributed by atoms with Crippen LogP contribution in [-0.2, 0) is 22.6 Å². The van der Waals surface area contributed by atoms with Crippen LogP contribution in [0.4, 0.5) is 0 Å². The van der Waals surface area contributed by atoms with E-state index in [1.54, 1.807) is 19.0 Å². The zero-order valence-corrected chi connectivity index (χ0v) is 22.9. The third-order valence-electron chi connectivity index (χ3n) is 9.52. The van der Waals surface area contributed by atoms with E-state index in [2.05, 4.69) is 4.90 Å². The SMILES string of the molecule is CN(C)C1C(O)=C(C(N)=O)C(=O)C2(O)C(O)=C3C(=O)c4c(O)ccc(CN(CC5CC5)CC5CC5)c4CC3CC12. The number of rotatable bonds is 8. The summed E-state index contributed by atoms with van der Waals surface area (Å²) in [5.74, 6) is -4.90. The Hall–Kier alpha value is -3.21. The van der Waals surface area contributed by atoms with Crippen LogP contribution < -0.4 is 5.73 Å². The van der Waals surface area contributed by atoms with Gasteiger partial charge in [-0.15, -0.1) is 0 Å². The van der Waals surface area contributed by atoms with E-state index < -0.39 is 58.0 Å². The molecule has 0 spiro atoms. The second-order valence-corrected chi connectivity index (χ2v) is 12.6. The molecule has 5 aliphatic carbocycles. The van der Waals surface area contributed by atoms with Crippen LogP contribution in [0.5, 0.6) is 5.75 Å². The Morgan fingerprint density at radius 1 is 1.05 bits per heavy atom. The summed E-state index contributed by atoms with van der Waals surface area (Å²) in [5, 5.41) is 44.9. The number of carbonyl (C=O) groups excluding carboxylic acids is 3. The molecule has 1 aromatic carbocycles. The monoisotopic (exact) mass is 551 g/mol. The van der Waals surface area contributed by atoms with E-state index in [1.165, 1.54) is 31.7 Å². The van der Waals surface area contributed by atoms with Gasteiger partial charge in [-0.2, -0.15) is 0 Å². The molecule has 0 heterocycles. The minimum absolute atomic E-state index is 0.0797. The number of hydrogen-bond acceptors (Lipinski definition) is 9. The number of carbonyl (C=O) groups is 3. The van der Waals surface area contributed by atoms with Crippen LogP contribution in [-0.4, -0.2) is 86.5 Å². The maximum absolute atomic E-state index is 13.9. The Labute approximate surface area is 232 Å². The molecule has 0 bridgehead atoms. The van der Waals surface area contributed by atoms with Gasteiger partial charge in [0.05, 0.1) is 11.6 Å². The molecule has 4 atom stereocenters. The highest BCUT2D eigenvalue weighted by molar-refractivity contribution is 6.24. The second-order valence-electron chi connectivity index (χ2n) is 12.6. The summed E-state index contributed by atoms with van der Waals surface area (Å²) in [6, 6.07) is 2.36. The molecule has 0 radical (unpaired) electrons. The Bertz CT molecular complexity index is 1360. The van der Waals surface area contributed by atoms with Gasteiger partial charge < -0.3 is 26.2 Å². The quantitative estimate of drug-likeness (QED) is 0.303. The second kappa shape index (κ2) is 9.43. The molecule has 5 aliphatic rings. The summed E-state index contributed by atoms with van der Waals surface area (Å²) >= 11 is 0. The topological polar surface area (TPSA) is 165 Å². The first-order chi connectivity index (χ1) is 18.9. The third-order valence-corrected chi connectivity index (χ3v) is 9.52. The highest BCUT2D eigenvalue weighted by Crippen LogP contribution is 2.52. The molecule has 4 unspecified atom stereocenters. The number of amides is 1. The van der Waals surface area contributed by atoms with Crippen LogP contribution in [0.2, 0.25) is 0 Å². The fourth-order valence-corrected chi connectivity index (χ4v) is 7.24. The number of hydrogen-bond donors (Lipinski definition) is 5. The van der Waals surface area contributed by atoms with E-state index in [1.807, 2.05) is 6.07 Å². The molecule has 6 rings (SSSR count). The molecule has 0 aromatic heterocycles. The first-order valence-corrected chi connectivity index (χ1v) is 14.1. The molecular formula is C30H37N3O7. The van der Waals surface area contributed by atoms with E-state index in [0.29, 0.717) is 24.8 Å². The molecule has 6 N–H and O–H groups in total. The number of allylic oxidation sites excluding steroid dienone is 1. The number of ketones is 2. The maximum atomic E-state index is 13.9. The molecule has 0 aliphatic heterocycles. The molecule has 1 aromatic rings. The Balaban J connectivity index is 1.42. The van der Waals surface area contributed by atoms with E-state index in [4.69, 9.17) is 5.73 Å².